The lowest BCUT2D eigenvalue weighted by molar-refractivity contribution is 0.293. The molecule has 7 heteroatoms. The second-order valence-electron chi connectivity index (χ2n) is 6.61. The van der Waals surface area contributed by atoms with E-state index in [-0.39, 0.29) is 10.6 Å². The molecule has 2 aliphatic carbocycles. The Morgan fingerprint density at radius 3 is 2.71 bits per heavy atom. The summed E-state index contributed by atoms with van der Waals surface area (Å²) in [4.78, 5) is 0. The molecule has 1 aromatic rings. The summed E-state index contributed by atoms with van der Waals surface area (Å²) < 4.78 is 28.2. The molecule has 3 N–H and O–H groups in total. The summed E-state index contributed by atoms with van der Waals surface area (Å²) in [6.07, 6.45) is 9.11. The van der Waals surface area contributed by atoms with Gasteiger partial charge in [-0.15, -0.1) is 0 Å². The number of rotatable bonds is 6. The molecule has 0 atom stereocenters. The molecular formula is C14H24N4O2S. The van der Waals surface area contributed by atoms with Crippen molar-refractivity contribution >= 4 is 10.0 Å². The van der Waals surface area contributed by atoms with Gasteiger partial charge in [0.05, 0.1) is 6.20 Å². The lowest BCUT2D eigenvalue weighted by Gasteiger charge is -2.33. The maximum absolute atomic E-state index is 12.6. The van der Waals surface area contributed by atoms with Crippen LogP contribution < -0.4 is 10.0 Å². The summed E-state index contributed by atoms with van der Waals surface area (Å²) in [5.74, 6) is 0. The molecule has 3 rings (SSSR count). The first-order valence-corrected chi connectivity index (χ1v) is 9.26. The van der Waals surface area contributed by atoms with Gasteiger partial charge in [-0.25, -0.2) is 13.1 Å². The molecule has 0 amide bonds. The third-order valence-electron chi connectivity index (χ3n) is 4.44. The minimum absolute atomic E-state index is 0.211. The zero-order chi connectivity index (χ0) is 14.9. The van der Waals surface area contributed by atoms with Gasteiger partial charge < -0.3 is 5.32 Å². The molecule has 118 valence electrons. The van der Waals surface area contributed by atoms with Crippen molar-refractivity contribution in [1.29, 1.82) is 0 Å². The molecule has 2 saturated carbocycles. The number of nitrogens with zero attached hydrogens (tertiary/aromatic N) is 1. The Morgan fingerprint density at radius 1 is 1.33 bits per heavy atom. The van der Waals surface area contributed by atoms with E-state index >= 15 is 0 Å². The van der Waals surface area contributed by atoms with E-state index < -0.39 is 10.0 Å². The Morgan fingerprint density at radius 2 is 2.05 bits per heavy atom. The van der Waals surface area contributed by atoms with Gasteiger partial charge in [-0.05, 0) is 32.6 Å². The molecule has 0 bridgehead atoms. The van der Waals surface area contributed by atoms with Gasteiger partial charge in [0.1, 0.15) is 0 Å². The number of sulfonamides is 1. The monoisotopic (exact) mass is 312 g/mol. The van der Waals surface area contributed by atoms with E-state index in [1.807, 2.05) is 6.92 Å². The van der Waals surface area contributed by atoms with Crippen LogP contribution >= 0.6 is 0 Å². The largest absolute Gasteiger partial charge is 0.310 e. The Bertz CT molecular complexity index is 586. The van der Waals surface area contributed by atoms with Gasteiger partial charge in [-0.2, -0.15) is 5.10 Å². The number of aromatic nitrogens is 2. The van der Waals surface area contributed by atoms with Crippen molar-refractivity contribution in [2.45, 2.75) is 75.0 Å². The highest BCUT2D eigenvalue weighted by molar-refractivity contribution is 7.89. The SMILES string of the molecule is CC1(NS(=O)(=O)c2[nH]ncc2CNC2CC2)CCCCC1. The fraction of sp³-hybridized carbons (Fsp3) is 0.786. The minimum atomic E-state index is -3.54. The first kappa shape index (κ1) is 15.0. The van der Waals surface area contributed by atoms with Gasteiger partial charge in [0.15, 0.2) is 5.03 Å². The number of hydrogen-bond donors (Lipinski definition) is 3. The van der Waals surface area contributed by atoms with E-state index in [4.69, 9.17) is 0 Å². The number of H-pyrrole nitrogens is 1. The normalized spacial score (nSPS) is 22.3. The molecule has 0 radical (unpaired) electrons. The lowest BCUT2D eigenvalue weighted by atomic mass is 9.84. The van der Waals surface area contributed by atoms with E-state index in [2.05, 4.69) is 20.2 Å². The third-order valence-corrected chi connectivity index (χ3v) is 6.10. The van der Waals surface area contributed by atoms with Gasteiger partial charge in [-0.1, -0.05) is 19.3 Å². The Labute approximate surface area is 126 Å². The van der Waals surface area contributed by atoms with Crippen LogP contribution in [0, 0.1) is 0 Å². The molecule has 0 unspecified atom stereocenters. The first-order valence-electron chi connectivity index (χ1n) is 7.78. The van der Waals surface area contributed by atoms with E-state index in [0.717, 1.165) is 25.7 Å². The fourth-order valence-corrected chi connectivity index (χ4v) is 4.61. The molecule has 0 spiro atoms. The Balaban J connectivity index is 1.73. The second-order valence-corrected chi connectivity index (χ2v) is 8.23. The van der Waals surface area contributed by atoms with Crippen molar-refractivity contribution in [3.8, 4) is 0 Å². The predicted octanol–water partition coefficient (Wildman–Crippen LogP) is 1.66. The number of aromatic amines is 1. The van der Waals surface area contributed by atoms with E-state index in [1.165, 1.54) is 19.3 Å². The molecule has 1 aromatic heterocycles. The maximum Gasteiger partial charge on any atom is 0.258 e. The highest BCUT2D eigenvalue weighted by atomic mass is 32.2. The summed E-state index contributed by atoms with van der Waals surface area (Å²) in [6.45, 7) is 2.55. The van der Waals surface area contributed by atoms with Gasteiger partial charge in [-0.3, -0.25) is 5.10 Å². The van der Waals surface area contributed by atoms with Crippen molar-refractivity contribution in [2.75, 3.05) is 0 Å². The summed E-state index contributed by atoms with van der Waals surface area (Å²) in [7, 11) is -3.54. The van der Waals surface area contributed by atoms with Crippen LogP contribution in [0.1, 0.15) is 57.4 Å². The highest BCUT2D eigenvalue weighted by Gasteiger charge is 2.34. The molecule has 0 aliphatic heterocycles. The average molecular weight is 312 g/mol. The van der Waals surface area contributed by atoms with Gasteiger partial charge in [0.2, 0.25) is 0 Å². The van der Waals surface area contributed by atoms with Gasteiger partial charge in [0, 0.05) is 23.7 Å². The van der Waals surface area contributed by atoms with Crippen LogP contribution in [-0.4, -0.2) is 30.2 Å². The molecule has 1 heterocycles. The van der Waals surface area contributed by atoms with E-state index in [9.17, 15) is 8.42 Å². The van der Waals surface area contributed by atoms with Crippen LogP contribution in [0.2, 0.25) is 0 Å². The van der Waals surface area contributed by atoms with E-state index in [0.29, 0.717) is 18.2 Å². The van der Waals surface area contributed by atoms with Crippen LogP contribution in [-0.2, 0) is 16.6 Å². The zero-order valence-corrected chi connectivity index (χ0v) is 13.3. The van der Waals surface area contributed by atoms with Crippen LogP contribution in [0.3, 0.4) is 0 Å². The molecule has 2 aliphatic rings. The van der Waals surface area contributed by atoms with Crippen LogP contribution in [0.4, 0.5) is 0 Å². The Kier molecular flexibility index (Phi) is 4.07. The number of nitrogens with one attached hydrogen (secondary N) is 3. The summed E-state index contributed by atoms with van der Waals surface area (Å²) in [5, 5.41) is 10.1. The van der Waals surface area contributed by atoms with Crippen LogP contribution in [0.25, 0.3) is 0 Å². The summed E-state index contributed by atoms with van der Waals surface area (Å²) in [6, 6.07) is 0.541. The second kappa shape index (κ2) is 5.70. The molecule has 6 nitrogen and oxygen atoms in total. The zero-order valence-electron chi connectivity index (χ0n) is 12.5. The standard InChI is InChI=1S/C14H24N4O2S/c1-14(7-3-2-4-8-14)18-21(19,20)13-11(10-16-17-13)9-15-12-5-6-12/h10,12,15,18H,2-9H2,1H3,(H,16,17). The predicted molar refractivity (Wildman–Crippen MR) is 80.3 cm³/mol. The van der Waals surface area contributed by atoms with Gasteiger partial charge >= 0.3 is 0 Å². The van der Waals surface area contributed by atoms with Crippen molar-refractivity contribution in [2.24, 2.45) is 0 Å². The minimum Gasteiger partial charge on any atom is -0.310 e. The average Bonchev–Trinajstić information content (AvgIpc) is 3.12. The van der Waals surface area contributed by atoms with Crippen LogP contribution in [0.5, 0.6) is 0 Å². The first-order chi connectivity index (χ1) is 9.99. The Hall–Kier alpha value is -0.920. The lowest BCUT2D eigenvalue weighted by Crippen LogP contribution is -2.47. The molecule has 2 fully saturated rings. The van der Waals surface area contributed by atoms with Crippen LogP contribution in [0.15, 0.2) is 11.2 Å². The third kappa shape index (κ3) is 3.64. The quantitative estimate of drug-likeness (QED) is 0.745. The van der Waals surface area contributed by atoms with E-state index in [1.54, 1.807) is 6.20 Å². The van der Waals surface area contributed by atoms with Crippen molar-refractivity contribution < 1.29 is 8.42 Å². The smallest absolute Gasteiger partial charge is 0.258 e. The topological polar surface area (TPSA) is 86.9 Å². The van der Waals surface area contributed by atoms with Crippen molar-refractivity contribution in [3.63, 3.8) is 0 Å². The summed E-state index contributed by atoms with van der Waals surface area (Å²) in [5.41, 5.74) is 0.387. The summed E-state index contributed by atoms with van der Waals surface area (Å²) >= 11 is 0. The fourth-order valence-electron chi connectivity index (χ4n) is 3.01. The maximum atomic E-state index is 12.6. The molecule has 0 aromatic carbocycles. The van der Waals surface area contributed by atoms with Gasteiger partial charge in [0.25, 0.3) is 10.0 Å². The van der Waals surface area contributed by atoms with Crippen molar-refractivity contribution in [3.05, 3.63) is 11.8 Å². The molecule has 21 heavy (non-hydrogen) atoms. The van der Waals surface area contributed by atoms with Crippen molar-refractivity contribution in [1.82, 2.24) is 20.2 Å². The molecule has 0 saturated heterocycles. The molecular weight excluding hydrogens is 288 g/mol. The number of hydrogen-bond acceptors (Lipinski definition) is 4. The highest BCUT2D eigenvalue weighted by Crippen LogP contribution is 2.29.